The first-order valence-corrected chi connectivity index (χ1v) is 8.68. The van der Waals surface area contributed by atoms with Crippen LogP contribution in [0.2, 0.25) is 0 Å². The Labute approximate surface area is 151 Å². The molecule has 0 radical (unpaired) electrons. The molecule has 0 spiro atoms. The fourth-order valence-corrected chi connectivity index (χ4v) is 2.34. The first-order chi connectivity index (χ1) is 12.0. The first-order valence-electron chi connectivity index (χ1n) is 8.68. The van der Waals surface area contributed by atoms with E-state index in [-0.39, 0.29) is 17.7 Å². The third-order valence-electron chi connectivity index (χ3n) is 3.73. The van der Waals surface area contributed by atoms with Gasteiger partial charge in [-0.2, -0.15) is 0 Å². The van der Waals surface area contributed by atoms with Gasteiger partial charge in [-0.15, -0.1) is 0 Å². The molecule has 0 saturated heterocycles. The van der Waals surface area contributed by atoms with E-state index in [4.69, 9.17) is 0 Å². The average Bonchev–Trinajstić information content (AvgIpc) is 2.60. The molecule has 0 fully saturated rings. The van der Waals surface area contributed by atoms with E-state index in [9.17, 15) is 14.4 Å². The number of carbonyl (C=O) groups is 3. The van der Waals surface area contributed by atoms with E-state index < -0.39 is 0 Å². The predicted molar refractivity (Wildman–Crippen MR) is 100 cm³/mol. The molecular weight excluding hydrogens is 320 g/mol. The van der Waals surface area contributed by atoms with Crippen molar-refractivity contribution < 1.29 is 14.4 Å². The second-order valence-electron chi connectivity index (χ2n) is 5.69. The standard InChI is InChI=1S/C18H32N4O3/c1-5-17(24)20-11-8-13-22(18(25)6-2)15-9-14-21(16(3)23)12-7-10-19-4/h5-6,19H,1-2,7-15H2,3-4H3,(H,20,24). The molecule has 0 aromatic rings. The zero-order valence-corrected chi connectivity index (χ0v) is 15.6. The smallest absolute Gasteiger partial charge is 0.245 e. The monoisotopic (exact) mass is 352 g/mol. The molecule has 0 aliphatic heterocycles. The number of hydrogen-bond donors (Lipinski definition) is 2. The van der Waals surface area contributed by atoms with Gasteiger partial charge in [-0.3, -0.25) is 14.4 Å². The Morgan fingerprint density at radius 1 is 0.880 bits per heavy atom. The Bertz CT molecular complexity index is 452. The zero-order valence-electron chi connectivity index (χ0n) is 15.6. The minimum Gasteiger partial charge on any atom is -0.353 e. The van der Waals surface area contributed by atoms with Crippen LogP contribution < -0.4 is 10.6 Å². The van der Waals surface area contributed by atoms with Crippen LogP contribution in [0.4, 0.5) is 0 Å². The second kappa shape index (κ2) is 14.2. The van der Waals surface area contributed by atoms with Crippen molar-refractivity contribution in [2.45, 2.75) is 26.2 Å². The van der Waals surface area contributed by atoms with Gasteiger partial charge in [0.1, 0.15) is 0 Å². The molecule has 0 aliphatic rings. The SMILES string of the molecule is C=CC(=O)NCCCN(CCCN(CCCNC)C(C)=O)C(=O)C=C. The summed E-state index contributed by atoms with van der Waals surface area (Å²) in [4.78, 5) is 38.2. The van der Waals surface area contributed by atoms with Crippen molar-refractivity contribution in [3.05, 3.63) is 25.3 Å². The largest absolute Gasteiger partial charge is 0.353 e. The maximum Gasteiger partial charge on any atom is 0.245 e. The number of rotatable bonds is 14. The van der Waals surface area contributed by atoms with Crippen LogP contribution in [0.15, 0.2) is 25.3 Å². The number of carbonyl (C=O) groups excluding carboxylic acids is 3. The first kappa shape index (κ1) is 22.9. The van der Waals surface area contributed by atoms with Crippen molar-refractivity contribution in [1.82, 2.24) is 20.4 Å². The molecule has 0 heterocycles. The topological polar surface area (TPSA) is 81.8 Å². The maximum absolute atomic E-state index is 11.9. The highest BCUT2D eigenvalue weighted by Gasteiger charge is 2.12. The van der Waals surface area contributed by atoms with Crippen LogP contribution in [0, 0.1) is 0 Å². The molecule has 0 aromatic heterocycles. The lowest BCUT2D eigenvalue weighted by atomic mass is 10.2. The van der Waals surface area contributed by atoms with E-state index >= 15 is 0 Å². The molecule has 0 atom stereocenters. The maximum atomic E-state index is 11.9. The third kappa shape index (κ3) is 11.1. The summed E-state index contributed by atoms with van der Waals surface area (Å²) in [6.07, 6.45) is 4.76. The molecule has 142 valence electrons. The van der Waals surface area contributed by atoms with Gasteiger partial charge in [0.2, 0.25) is 17.7 Å². The zero-order chi connectivity index (χ0) is 19.1. The summed E-state index contributed by atoms with van der Waals surface area (Å²) >= 11 is 0. The molecule has 2 N–H and O–H groups in total. The molecule has 0 bridgehead atoms. The lowest BCUT2D eigenvalue weighted by molar-refractivity contribution is -0.129. The summed E-state index contributed by atoms with van der Waals surface area (Å²) in [5.74, 6) is -0.315. The van der Waals surface area contributed by atoms with E-state index in [2.05, 4.69) is 23.8 Å². The summed E-state index contributed by atoms with van der Waals surface area (Å²) in [6, 6.07) is 0. The van der Waals surface area contributed by atoms with Crippen LogP contribution in [0.5, 0.6) is 0 Å². The Hall–Kier alpha value is -2.15. The number of nitrogens with zero attached hydrogens (tertiary/aromatic N) is 2. The molecule has 0 saturated carbocycles. The van der Waals surface area contributed by atoms with Crippen LogP contribution in [-0.2, 0) is 14.4 Å². The van der Waals surface area contributed by atoms with E-state index in [1.807, 2.05) is 7.05 Å². The van der Waals surface area contributed by atoms with Crippen molar-refractivity contribution >= 4 is 17.7 Å². The van der Waals surface area contributed by atoms with Gasteiger partial charge in [0.05, 0.1) is 0 Å². The fourth-order valence-electron chi connectivity index (χ4n) is 2.34. The second-order valence-corrected chi connectivity index (χ2v) is 5.69. The Balaban J connectivity index is 4.29. The minimum atomic E-state index is -0.222. The summed E-state index contributed by atoms with van der Waals surface area (Å²) < 4.78 is 0. The summed E-state index contributed by atoms with van der Waals surface area (Å²) in [5, 5.41) is 5.74. The van der Waals surface area contributed by atoms with Gasteiger partial charge in [0.15, 0.2) is 0 Å². The average molecular weight is 352 g/mol. The highest BCUT2D eigenvalue weighted by atomic mass is 16.2. The summed E-state index contributed by atoms with van der Waals surface area (Å²) in [5.41, 5.74) is 0. The molecule has 3 amide bonds. The molecule has 0 aromatic carbocycles. The van der Waals surface area contributed by atoms with Crippen LogP contribution >= 0.6 is 0 Å². The van der Waals surface area contributed by atoms with Gasteiger partial charge in [-0.05, 0) is 45.0 Å². The van der Waals surface area contributed by atoms with Crippen molar-refractivity contribution in [3.63, 3.8) is 0 Å². The molecular formula is C18H32N4O3. The lowest BCUT2D eigenvalue weighted by Crippen LogP contribution is -2.37. The van der Waals surface area contributed by atoms with Gasteiger partial charge < -0.3 is 20.4 Å². The van der Waals surface area contributed by atoms with Gasteiger partial charge >= 0.3 is 0 Å². The van der Waals surface area contributed by atoms with Gasteiger partial charge in [-0.25, -0.2) is 0 Å². The molecule has 25 heavy (non-hydrogen) atoms. The quantitative estimate of drug-likeness (QED) is 0.353. The van der Waals surface area contributed by atoms with Gasteiger partial charge in [0, 0.05) is 39.6 Å². The highest BCUT2D eigenvalue weighted by molar-refractivity contribution is 5.87. The molecule has 0 aliphatic carbocycles. The Morgan fingerprint density at radius 3 is 2.00 bits per heavy atom. The van der Waals surface area contributed by atoms with Crippen molar-refractivity contribution in [2.75, 3.05) is 46.3 Å². The van der Waals surface area contributed by atoms with Crippen LogP contribution in [-0.4, -0.2) is 73.8 Å². The van der Waals surface area contributed by atoms with Crippen molar-refractivity contribution in [2.24, 2.45) is 0 Å². The number of amides is 3. The van der Waals surface area contributed by atoms with Gasteiger partial charge in [0.25, 0.3) is 0 Å². The van der Waals surface area contributed by atoms with Crippen molar-refractivity contribution in [3.8, 4) is 0 Å². The lowest BCUT2D eigenvalue weighted by Gasteiger charge is -2.25. The van der Waals surface area contributed by atoms with Gasteiger partial charge in [-0.1, -0.05) is 13.2 Å². The third-order valence-corrected chi connectivity index (χ3v) is 3.73. The Kier molecular flexibility index (Phi) is 13.0. The normalized spacial score (nSPS) is 10.0. The van der Waals surface area contributed by atoms with Crippen LogP contribution in [0.3, 0.4) is 0 Å². The van der Waals surface area contributed by atoms with E-state index in [0.29, 0.717) is 45.6 Å². The number of hydrogen-bond acceptors (Lipinski definition) is 4. The van der Waals surface area contributed by atoms with Crippen LogP contribution in [0.1, 0.15) is 26.2 Å². The molecule has 0 rings (SSSR count). The molecule has 0 unspecified atom stereocenters. The number of nitrogens with one attached hydrogen (secondary N) is 2. The van der Waals surface area contributed by atoms with Crippen LogP contribution in [0.25, 0.3) is 0 Å². The predicted octanol–water partition coefficient (Wildman–Crippen LogP) is 0.541. The fraction of sp³-hybridized carbons (Fsp3) is 0.611. The summed E-state index contributed by atoms with van der Waals surface area (Å²) in [7, 11) is 1.88. The van der Waals surface area contributed by atoms with Crippen molar-refractivity contribution in [1.29, 1.82) is 0 Å². The summed E-state index contributed by atoms with van der Waals surface area (Å²) in [6.45, 7) is 12.2. The van der Waals surface area contributed by atoms with E-state index in [1.54, 1.807) is 16.7 Å². The molecule has 7 heteroatoms. The highest BCUT2D eigenvalue weighted by Crippen LogP contribution is 2.00. The van der Waals surface area contributed by atoms with E-state index in [1.165, 1.54) is 12.2 Å². The van der Waals surface area contributed by atoms with E-state index in [0.717, 1.165) is 13.0 Å². The Morgan fingerprint density at radius 2 is 1.44 bits per heavy atom. The molecule has 7 nitrogen and oxygen atoms in total. The minimum absolute atomic E-state index is 0.0461.